The van der Waals surface area contributed by atoms with Crippen LogP contribution in [0.15, 0.2) is 83.0 Å². The van der Waals surface area contributed by atoms with E-state index in [-0.39, 0.29) is 50.3 Å². The number of carbonyl (C=O) groups is 1. The number of halogens is 2. The topological polar surface area (TPSA) is 118 Å². The fourth-order valence-corrected chi connectivity index (χ4v) is 4.23. The van der Waals surface area contributed by atoms with E-state index in [4.69, 9.17) is 0 Å². The van der Waals surface area contributed by atoms with Crippen LogP contribution in [-0.2, 0) is 0 Å². The Kier molecular flexibility index (Phi) is 5.88. The molecular formula is C28H19F2N3O4. The van der Waals surface area contributed by atoms with Crippen LogP contribution in [0.4, 0.5) is 20.2 Å². The second kappa shape index (κ2) is 9.19. The number of nitrogens with one attached hydrogen (secondary N) is 1. The molecule has 0 aliphatic heterocycles. The first-order valence-electron chi connectivity index (χ1n) is 11.1. The van der Waals surface area contributed by atoms with Gasteiger partial charge in [0.25, 0.3) is 0 Å². The van der Waals surface area contributed by atoms with E-state index < -0.39 is 23.5 Å². The quantitative estimate of drug-likeness (QED) is 0.186. The Morgan fingerprint density at radius 3 is 2.27 bits per heavy atom. The second-order valence-corrected chi connectivity index (χ2v) is 8.41. The summed E-state index contributed by atoms with van der Waals surface area (Å²) in [5.74, 6) is -3.10. The first kappa shape index (κ1) is 23.7. The first-order chi connectivity index (χ1) is 17.7. The lowest BCUT2D eigenvalue weighted by Gasteiger charge is -2.10. The van der Waals surface area contributed by atoms with Gasteiger partial charge in [-0.2, -0.15) is 0 Å². The number of aromatic hydroxyl groups is 2. The van der Waals surface area contributed by atoms with Crippen molar-refractivity contribution in [1.82, 2.24) is 4.98 Å². The van der Waals surface area contributed by atoms with Crippen LogP contribution in [-0.4, -0.2) is 26.3 Å². The smallest absolute Gasteiger partial charge is 0.337 e. The number of hydrogen-bond donors (Lipinski definition) is 4. The lowest BCUT2D eigenvalue weighted by molar-refractivity contribution is 0.0697. The molecule has 37 heavy (non-hydrogen) atoms. The summed E-state index contributed by atoms with van der Waals surface area (Å²) < 4.78 is 29.4. The third-order valence-electron chi connectivity index (χ3n) is 5.95. The minimum atomic E-state index is -1.28. The molecule has 5 rings (SSSR count). The number of aromatic nitrogens is 1. The van der Waals surface area contributed by atoms with Crippen molar-refractivity contribution in [3.8, 4) is 33.9 Å². The van der Waals surface area contributed by atoms with Crippen LogP contribution in [0.1, 0.15) is 15.9 Å². The fourth-order valence-electron chi connectivity index (χ4n) is 4.23. The monoisotopic (exact) mass is 499 g/mol. The van der Waals surface area contributed by atoms with Crippen molar-refractivity contribution in [3.63, 3.8) is 0 Å². The van der Waals surface area contributed by atoms with E-state index >= 15 is 0 Å². The number of nitrogens with zero attached hydrogens (tertiary/aromatic N) is 2. The number of H-pyrrole nitrogens is 1. The minimum Gasteiger partial charge on any atom is -0.507 e. The number of fused-ring (bicyclic) bond motifs is 1. The molecule has 0 radical (unpaired) electrons. The molecule has 0 saturated heterocycles. The second-order valence-electron chi connectivity index (χ2n) is 8.41. The lowest BCUT2D eigenvalue weighted by Crippen LogP contribution is -1.97. The third-order valence-corrected chi connectivity index (χ3v) is 5.95. The zero-order valence-corrected chi connectivity index (χ0v) is 19.3. The number of aromatic carboxylic acids is 1. The fraction of sp³-hybridized carbons (Fsp3) is 0.0357. The van der Waals surface area contributed by atoms with E-state index in [1.54, 1.807) is 37.3 Å². The van der Waals surface area contributed by atoms with Crippen molar-refractivity contribution in [1.29, 1.82) is 0 Å². The van der Waals surface area contributed by atoms with E-state index in [2.05, 4.69) is 15.2 Å². The summed E-state index contributed by atoms with van der Waals surface area (Å²) >= 11 is 0. The number of carboxylic acid groups (broad SMARTS) is 1. The van der Waals surface area contributed by atoms with Gasteiger partial charge in [0.15, 0.2) is 5.69 Å². The largest absolute Gasteiger partial charge is 0.507 e. The molecule has 1 heterocycles. The highest BCUT2D eigenvalue weighted by atomic mass is 19.1. The van der Waals surface area contributed by atoms with E-state index in [1.807, 2.05) is 0 Å². The van der Waals surface area contributed by atoms with Gasteiger partial charge in [-0.1, -0.05) is 42.5 Å². The average molecular weight is 499 g/mol. The molecule has 0 unspecified atom stereocenters. The highest BCUT2D eigenvalue weighted by molar-refractivity contribution is 6.03. The van der Waals surface area contributed by atoms with Gasteiger partial charge in [0.1, 0.15) is 23.1 Å². The molecule has 5 aromatic rings. The van der Waals surface area contributed by atoms with E-state index in [9.17, 15) is 28.9 Å². The number of hydrogen-bond acceptors (Lipinski definition) is 5. The van der Waals surface area contributed by atoms with Crippen molar-refractivity contribution >= 4 is 28.2 Å². The van der Waals surface area contributed by atoms with Crippen LogP contribution >= 0.6 is 0 Å². The van der Waals surface area contributed by atoms with E-state index in [1.165, 1.54) is 30.3 Å². The summed E-state index contributed by atoms with van der Waals surface area (Å²) in [6.07, 6.45) is 0. The molecule has 9 heteroatoms. The van der Waals surface area contributed by atoms with Gasteiger partial charge in [0.05, 0.1) is 11.1 Å². The Balaban J connectivity index is 1.70. The van der Waals surface area contributed by atoms with E-state index in [0.29, 0.717) is 11.1 Å². The van der Waals surface area contributed by atoms with Crippen molar-refractivity contribution < 1.29 is 28.9 Å². The van der Waals surface area contributed by atoms with E-state index in [0.717, 1.165) is 12.1 Å². The number of azo groups is 1. The normalized spacial score (nSPS) is 11.4. The molecule has 0 fully saturated rings. The summed E-state index contributed by atoms with van der Waals surface area (Å²) in [7, 11) is 0. The van der Waals surface area contributed by atoms with Crippen LogP contribution in [0, 0.1) is 18.6 Å². The molecule has 0 aliphatic rings. The maximum absolute atomic E-state index is 14.7. The lowest BCUT2D eigenvalue weighted by atomic mass is 9.99. The predicted molar refractivity (Wildman–Crippen MR) is 135 cm³/mol. The number of aryl methyl sites for hydroxylation is 1. The van der Waals surface area contributed by atoms with Gasteiger partial charge in [0.2, 0.25) is 5.88 Å². The van der Waals surface area contributed by atoms with Gasteiger partial charge in [-0.15, -0.1) is 10.2 Å². The third kappa shape index (κ3) is 4.27. The summed E-state index contributed by atoms with van der Waals surface area (Å²) in [4.78, 5) is 14.6. The highest BCUT2D eigenvalue weighted by Gasteiger charge is 2.20. The molecule has 7 nitrogen and oxygen atoms in total. The van der Waals surface area contributed by atoms with Crippen molar-refractivity contribution in [3.05, 3.63) is 95.6 Å². The molecular weight excluding hydrogens is 480 g/mol. The van der Waals surface area contributed by atoms with Gasteiger partial charge in [-0.25, -0.2) is 13.6 Å². The molecule has 0 bridgehead atoms. The van der Waals surface area contributed by atoms with Crippen LogP contribution < -0.4 is 0 Å². The molecule has 184 valence electrons. The summed E-state index contributed by atoms with van der Waals surface area (Å²) in [6, 6.07) is 17.5. The summed E-state index contributed by atoms with van der Waals surface area (Å²) in [5, 5.41) is 39.0. The summed E-state index contributed by atoms with van der Waals surface area (Å²) in [5.41, 5.74) is 1.39. The Labute approximate surface area is 209 Å². The molecule has 0 spiro atoms. The Hall–Kier alpha value is -5.05. The van der Waals surface area contributed by atoms with Crippen molar-refractivity contribution in [2.75, 3.05) is 0 Å². The molecule has 4 N–H and O–H groups in total. The Morgan fingerprint density at radius 2 is 1.54 bits per heavy atom. The first-order valence-corrected chi connectivity index (χ1v) is 11.1. The van der Waals surface area contributed by atoms with Crippen molar-refractivity contribution in [2.24, 2.45) is 10.2 Å². The van der Waals surface area contributed by atoms with Gasteiger partial charge < -0.3 is 20.3 Å². The van der Waals surface area contributed by atoms with Gasteiger partial charge >= 0.3 is 5.97 Å². The average Bonchev–Trinajstić information content (AvgIpc) is 3.17. The standard InChI is InChI=1S/C28H19F2N3O4/c1-14-9-10-16(22(30)11-14)20-12-15(29)13-21-24(20)31-27(35)26(21)33-32-25-18(6-4-7-19(25)28(36)37)17-5-2-3-8-23(17)34/h2-13,31,34-35H,1H3,(H,36,37). The minimum absolute atomic E-state index is 0.0774. The maximum Gasteiger partial charge on any atom is 0.337 e. The number of rotatable bonds is 5. The molecule has 0 aliphatic carbocycles. The zero-order valence-electron chi connectivity index (χ0n) is 19.3. The molecule has 0 atom stereocenters. The molecule has 1 aromatic heterocycles. The summed E-state index contributed by atoms with van der Waals surface area (Å²) in [6.45, 7) is 1.73. The number of para-hydroxylation sites is 1. The number of benzene rings is 4. The van der Waals surface area contributed by atoms with Crippen LogP contribution in [0.3, 0.4) is 0 Å². The number of phenolic OH excluding ortho intramolecular Hbond substituents is 1. The van der Waals surface area contributed by atoms with Gasteiger partial charge in [0, 0.05) is 27.6 Å². The molecule has 0 saturated carbocycles. The van der Waals surface area contributed by atoms with Gasteiger partial charge in [-0.05, 0) is 42.8 Å². The highest BCUT2D eigenvalue weighted by Crippen LogP contribution is 2.43. The SMILES string of the molecule is Cc1ccc(-c2cc(F)cc3c(N=Nc4c(C(=O)O)cccc4-c4ccccc4O)c(O)[nH]c23)c(F)c1. The number of aromatic amines is 1. The van der Waals surface area contributed by atoms with Gasteiger partial charge in [-0.3, -0.25) is 0 Å². The molecule has 4 aromatic carbocycles. The van der Waals surface area contributed by atoms with Crippen LogP contribution in [0.25, 0.3) is 33.2 Å². The predicted octanol–water partition coefficient (Wildman–Crippen LogP) is 7.61. The Bertz CT molecular complexity index is 1730. The van der Waals surface area contributed by atoms with Crippen LogP contribution in [0.5, 0.6) is 11.6 Å². The van der Waals surface area contributed by atoms with Crippen molar-refractivity contribution in [2.45, 2.75) is 6.92 Å². The zero-order chi connectivity index (χ0) is 26.3. The number of phenols is 1. The molecule has 0 amide bonds. The Morgan fingerprint density at radius 1 is 0.811 bits per heavy atom. The maximum atomic E-state index is 14.7. The van der Waals surface area contributed by atoms with Crippen LogP contribution in [0.2, 0.25) is 0 Å². The number of carboxylic acids is 1.